The van der Waals surface area contributed by atoms with Crippen LogP contribution < -0.4 is 0 Å². The van der Waals surface area contributed by atoms with E-state index in [-0.39, 0.29) is 5.56 Å². The van der Waals surface area contributed by atoms with E-state index in [0.717, 1.165) is 21.6 Å². The van der Waals surface area contributed by atoms with E-state index in [0.29, 0.717) is 10.2 Å². The summed E-state index contributed by atoms with van der Waals surface area (Å²) in [6.45, 7) is 3.95. The van der Waals surface area contributed by atoms with Crippen molar-refractivity contribution in [3.63, 3.8) is 0 Å². The van der Waals surface area contributed by atoms with Crippen molar-refractivity contribution < 1.29 is 14.1 Å². The van der Waals surface area contributed by atoms with Gasteiger partial charge in [-0.15, -0.1) is 0 Å². The van der Waals surface area contributed by atoms with Crippen LogP contribution in [-0.4, -0.2) is 15.3 Å². The van der Waals surface area contributed by atoms with Crippen molar-refractivity contribution in [1.82, 2.24) is 0 Å². The lowest BCUT2D eigenvalue weighted by atomic mass is 10.1. The molecule has 0 saturated heterocycles. The molecule has 0 heterocycles. The summed E-state index contributed by atoms with van der Waals surface area (Å²) in [4.78, 5) is 11.7. The molecule has 110 valence electrons. The van der Waals surface area contributed by atoms with Crippen LogP contribution in [0.1, 0.15) is 27.0 Å². The summed E-state index contributed by atoms with van der Waals surface area (Å²) in [6, 6.07) is 10.6. The van der Waals surface area contributed by atoms with E-state index in [1.54, 1.807) is 6.07 Å². The van der Waals surface area contributed by atoms with E-state index in [2.05, 4.69) is 15.9 Å². The molecule has 2 aromatic rings. The molecular formula is C16H15BrO3S. The van der Waals surface area contributed by atoms with Crippen LogP contribution >= 0.6 is 15.9 Å². The Morgan fingerprint density at radius 1 is 1.19 bits per heavy atom. The first-order chi connectivity index (χ1) is 9.88. The Bertz CT molecular complexity index is 725. The fraction of sp³-hybridized carbons (Fsp3) is 0.188. The van der Waals surface area contributed by atoms with Gasteiger partial charge >= 0.3 is 5.97 Å². The van der Waals surface area contributed by atoms with Crippen LogP contribution in [0.5, 0.6) is 0 Å². The van der Waals surface area contributed by atoms with E-state index in [9.17, 15) is 9.00 Å². The number of hydrogen-bond acceptors (Lipinski definition) is 2. The molecule has 0 aliphatic rings. The molecule has 0 aromatic heterocycles. The molecule has 1 N–H and O–H groups in total. The molecular weight excluding hydrogens is 352 g/mol. The molecule has 0 bridgehead atoms. The molecule has 0 spiro atoms. The van der Waals surface area contributed by atoms with Crippen LogP contribution in [0.2, 0.25) is 0 Å². The van der Waals surface area contributed by atoms with Crippen molar-refractivity contribution in [3.8, 4) is 0 Å². The van der Waals surface area contributed by atoms with Crippen molar-refractivity contribution in [2.45, 2.75) is 24.5 Å². The highest BCUT2D eigenvalue weighted by Gasteiger charge is 2.12. The van der Waals surface area contributed by atoms with E-state index >= 15 is 0 Å². The highest BCUT2D eigenvalue weighted by Crippen LogP contribution is 2.24. The largest absolute Gasteiger partial charge is 0.478 e. The molecule has 0 saturated carbocycles. The van der Waals surface area contributed by atoms with E-state index in [1.165, 1.54) is 12.1 Å². The number of carboxylic acid groups (broad SMARTS) is 1. The lowest BCUT2D eigenvalue weighted by Crippen LogP contribution is -2.02. The van der Waals surface area contributed by atoms with Crippen LogP contribution in [-0.2, 0) is 16.6 Å². The Hall–Kier alpha value is -1.46. The third-order valence-corrected chi connectivity index (χ3v) is 5.42. The van der Waals surface area contributed by atoms with Gasteiger partial charge in [-0.2, -0.15) is 0 Å². The van der Waals surface area contributed by atoms with Crippen molar-refractivity contribution in [1.29, 1.82) is 0 Å². The number of halogens is 1. The number of rotatable bonds is 4. The van der Waals surface area contributed by atoms with Gasteiger partial charge in [-0.1, -0.05) is 39.7 Å². The minimum Gasteiger partial charge on any atom is -0.478 e. The summed E-state index contributed by atoms with van der Waals surface area (Å²) in [5, 5.41) is 8.94. The second kappa shape index (κ2) is 6.54. The van der Waals surface area contributed by atoms with Gasteiger partial charge in [0.05, 0.1) is 22.1 Å². The fourth-order valence-electron chi connectivity index (χ4n) is 2.07. The lowest BCUT2D eigenvalue weighted by molar-refractivity contribution is 0.0697. The van der Waals surface area contributed by atoms with Crippen molar-refractivity contribution in [2.75, 3.05) is 0 Å². The Balaban J connectivity index is 2.25. The number of aromatic carboxylic acids is 1. The van der Waals surface area contributed by atoms with Crippen LogP contribution in [0.3, 0.4) is 0 Å². The molecule has 0 fully saturated rings. The Labute approximate surface area is 134 Å². The number of hydrogen-bond donors (Lipinski definition) is 1. The zero-order valence-corrected chi connectivity index (χ0v) is 14.1. The van der Waals surface area contributed by atoms with E-state index < -0.39 is 16.8 Å². The maximum Gasteiger partial charge on any atom is 0.335 e. The number of benzene rings is 2. The summed E-state index contributed by atoms with van der Waals surface area (Å²) in [6.07, 6.45) is 0. The monoisotopic (exact) mass is 366 g/mol. The zero-order chi connectivity index (χ0) is 15.6. The van der Waals surface area contributed by atoms with Crippen molar-refractivity contribution in [2.24, 2.45) is 0 Å². The zero-order valence-electron chi connectivity index (χ0n) is 11.7. The summed E-state index contributed by atoms with van der Waals surface area (Å²) >= 11 is 3.35. The smallest absolute Gasteiger partial charge is 0.335 e. The second-order valence-corrected chi connectivity index (χ2v) is 7.14. The standard InChI is InChI=1S/C16H15BrO3S/c1-10-3-6-15(11(2)7-10)21(20)9-13-5-4-12(16(18)19)8-14(13)17/h3-8H,9H2,1-2H3,(H,18,19). The van der Waals surface area contributed by atoms with E-state index in [4.69, 9.17) is 5.11 Å². The van der Waals surface area contributed by atoms with E-state index in [1.807, 2.05) is 32.0 Å². The predicted molar refractivity (Wildman–Crippen MR) is 87.1 cm³/mol. The average Bonchev–Trinajstić information content (AvgIpc) is 2.40. The number of carboxylic acids is 1. The third-order valence-electron chi connectivity index (χ3n) is 3.16. The van der Waals surface area contributed by atoms with Crippen LogP contribution in [0, 0.1) is 13.8 Å². The summed E-state index contributed by atoms with van der Waals surface area (Å²) < 4.78 is 13.2. The first kappa shape index (κ1) is 15.9. The molecule has 2 aromatic carbocycles. The van der Waals surface area contributed by atoms with Gasteiger partial charge in [0.15, 0.2) is 0 Å². The van der Waals surface area contributed by atoms with Crippen molar-refractivity contribution >= 4 is 32.7 Å². The average molecular weight is 367 g/mol. The lowest BCUT2D eigenvalue weighted by Gasteiger charge is -2.09. The Kier molecular flexibility index (Phi) is 4.96. The summed E-state index contributed by atoms with van der Waals surface area (Å²) in [7, 11) is -1.16. The molecule has 2 rings (SSSR count). The molecule has 5 heteroatoms. The topological polar surface area (TPSA) is 54.4 Å². The maximum absolute atomic E-state index is 12.5. The fourth-order valence-corrected chi connectivity index (χ4v) is 4.10. The maximum atomic E-state index is 12.5. The van der Waals surface area contributed by atoms with Gasteiger partial charge < -0.3 is 5.11 Å². The summed E-state index contributed by atoms with van der Waals surface area (Å²) in [5.74, 6) is -0.623. The molecule has 0 aliphatic carbocycles. The van der Waals surface area contributed by atoms with Gasteiger partial charge in [0.1, 0.15) is 0 Å². The van der Waals surface area contributed by atoms with Gasteiger partial charge in [-0.05, 0) is 43.2 Å². The SMILES string of the molecule is Cc1ccc(S(=O)Cc2ccc(C(=O)O)cc2Br)c(C)c1. The first-order valence-electron chi connectivity index (χ1n) is 6.36. The predicted octanol–water partition coefficient (Wildman–Crippen LogP) is 4.07. The molecule has 1 unspecified atom stereocenters. The molecule has 0 amide bonds. The van der Waals surface area contributed by atoms with Gasteiger partial charge in [0.2, 0.25) is 0 Å². The molecule has 21 heavy (non-hydrogen) atoms. The van der Waals surface area contributed by atoms with Crippen LogP contribution in [0.4, 0.5) is 0 Å². The minimum atomic E-state index is -1.16. The van der Waals surface area contributed by atoms with Gasteiger partial charge in [-0.3, -0.25) is 4.21 Å². The minimum absolute atomic E-state index is 0.211. The number of aryl methyl sites for hydroxylation is 2. The number of carbonyl (C=O) groups is 1. The molecule has 1 atom stereocenters. The van der Waals surface area contributed by atoms with Crippen molar-refractivity contribution in [3.05, 3.63) is 63.1 Å². The molecule has 3 nitrogen and oxygen atoms in total. The third kappa shape index (κ3) is 3.80. The van der Waals surface area contributed by atoms with Gasteiger partial charge in [0, 0.05) is 9.37 Å². The second-order valence-electron chi connectivity index (χ2n) is 4.87. The van der Waals surface area contributed by atoms with Gasteiger partial charge in [-0.25, -0.2) is 4.79 Å². The Morgan fingerprint density at radius 3 is 2.48 bits per heavy atom. The van der Waals surface area contributed by atoms with Crippen LogP contribution in [0.15, 0.2) is 45.8 Å². The first-order valence-corrected chi connectivity index (χ1v) is 8.47. The van der Waals surface area contributed by atoms with Gasteiger partial charge in [0.25, 0.3) is 0 Å². The molecule has 0 aliphatic heterocycles. The highest BCUT2D eigenvalue weighted by molar-refractivity contribution is 9.10. The summed E-state index contributed by atoms with van der Waals surface area (Å²) in [5.41, 5.74) is 3.19. The molecule has 0 radical (unpaired) electrons. The van der Waals surface area contributed by atoms with Crippen LogP contribution in [0.25, 0.3) is 0 Å². The quantitative estimate of drug-likeness (QED) is 0.886. The Morgan fingerprint density at radius 2 is 1.90 bits per heavy atom. The highest BCUT2D eigenvalue weighted by atomic mass is 79.9. The normalized spacial score (nSPS) is 12.1.